The predicted octanol–water partition coefficient (Wildman–Crippen LogP) is 4.67. The third-order valence-electron chi connectivity index (χ3n) is 5.59. The van der Waals surface area contributed by atoms with Crippen LogP contribution in [0.2, 0.25) is 0 Å². The molecule has 2 aromatic carbocycles. The van der Waals surface area contributed by atoms with E-state index < -0.39 is 35.8 Å². The highest BCUT2D eigenvalue weighted by Crippen LogP contribution is 2.44. The second-order valence-electron chi connectivity index (χ2n) is 9.33. The summed E-state index contributed by atoms with van der Waals surface area (Å²) in [5.74, 6) is -1.39. The standard InChI is InChI=1S/C26H32N2O6/c1-5-10-21(22(23(29)30)28-25(32)34-26(2,3)4)27-24(31)33-15-20-18-13-8-6-11-16(18)17-12-7-9-14-19(17)20/h6-9,11-14,20-22H,5,10,15H2,1-4H3,(H,27,31)(H,28,32)(H,29,30). The number of carboxylic acid groups (broad SMARTS) is 1. The van der Waals surface area contributed by atoms with E-state index in [1.807, 2.05) is 55.5 Å². The van der Waals surface area contributed by atoms with Crippen LogP contribution in [0.1, 0.15) is 57.6 Å². The molecule has 3 N–H and O–H groups in total. The zero-order valence-corrected chi connectivity index (χ0v) is 20.0. The lowest BCUT2D eigenvalue weighted by atomic mass is 9.98. The van der Waals surface area contributed by atoms with Crippen molar-refractivity contribution in [3.63, 3.8) is 0 Å². The van der Waals surface area contributed by atoms with Gasteiger partial charge in [0.25, 0.3) is 0 Å². The zero-order chi connectivity index (χ0) is 24.9. The number of amides is 2. The molecule has 2 amide bonds. The molecule has 34 heavy (non-hydrogen) atoms. The van der Waals surface area contributed by atoms with Crippen molar-refractivity contribution >= 4 is 18.2 Å². The monoisotopic (exact) mass is 468 g/mol. The molecule has 1 aliphatic rings. The fourth-order valence-electron chi connectivity index (χ4n) is 4.19. The van der Waals surface area contributed by atoms with Crippen LogP contribution in [-0.4, -0.2) is 47.6 Å². The molecular formula is C26H32N2O6. The van der Waals surface area contributed by atoms with Crippen molar-refractivity contribution in [2.75, 3.05) is 6.61 Å². The first-order chi connectivity index (χ1) is 16.1. The van der Waals surface area contributed by atoms with Gasteiger partial charge in [0.15, 0.2) is 0 Å². The van der Waals surface area contributed by atoms with Gasteiger partial charge in [0.2, 0.25) is 0 Å². The van der Waals surface area contributed by atoms with E-state index in [1.165, 1.54) is 0 Å². The Hall–Kier alpha value is -3.55. The molecule has 0 radical (unpaired) electrons. The minimum atomic E-state index is -1.37. The highest BCUT2D eigenvalue weighted by Gasteiger charge is 2.33. The van der Waals surface area contributed by atoms with Crippen LogP contribution in [0.15, 0.2) is 48.5 Å². The van der Waals surface area contributed by atoms with E-state index in [-0.39, 0.29) is 12.5 Å². The number of carbonyl (C=O) groups is 3. The maximum atomic E-state index is 12.7. The number of carbonyl (C=O) groups excluding carboxylic acids is 2. The van der Waals surface area contributed by atoms with Gasteiger partial charge in [-0.05, 0) is 49.4 Å². The molecule has 0 aromatic heterocycles. The highest BCUT2D eigenvalue weighted by atomic mass is 16.6. The number of hydrogen-bond acceptors (Lipinski definition) is 5. The molecule has 2 aromatic rings. The molecular weight excluding hydrogens is 436 g/mol. The lowest BCUT2D eigenvalue weighted by Crippen LogP contribution is -2.56. The molecule has 0 heterocycles. The van der Waals surface area contributed by atoms with Gasteiger partial charge in [0.05, 0.1) is 6.04 Å². The van der Waals surface area contributed by atoms with Crippen LogP contribution in [0.25, 0.3) is 11.1 Å². The summed E-state index contributed by atoms with van der Waals surface area (Å²) in [6, 6.07) is 13.8. The van der Waals surface area contributed by atoms with Crippen LogP contribution in [0.4, 0.5) is 9.59 Å². The number of carboxylic acids is 1. The van der Waals surface area contributed by atoms with Crippen molar-refractivity contribution < 1.29 is 29.0 Å². The van der Waals surface area contributed by atoms with Gasteiger partial charge in [-0.25, -0.2) is 14.4 Å². The van der Waals surface area contributed by atoms with E-state index >= 15 is 0 Å². The third-order valence-corrected chi connectivity index (χ3v) is 5.59. The van der Waals surface area contributed by atoms with Gasteiger partial charge < -0.3 is 25.2 Å². The van der Waals surface area contributed by atoms with Crippen molar-refractivity contribution in [1.29, 1.82) is 0 Å². The molecule has 8 nitrogen and oxygen atoms in total. The maximum Gasteiger partial charge on any atom is 0.408 e. The van der Waals surface area contributed by atoms with Crippen molar-refractivity contribution in [3.05, 3.63) is 59.7 Å². The van der Waals surface area contributed by atoms with E-state index in [9.17, 15) is 19.5 Å². The van der Waals surface area contributed by atoms with E-state index in [0.717, 1.165) is 22.3 Å². The third kappa shape index (κ3) is 6.07. The summed E-state index contributed by atoms with van der Waals surface area (Å²) in [4.78, 5) is 36.7. The van der Waals surface area contributed by atoms with Gasteiger partial charge in [-0.1, -0.05) is 61.9 Å². The lowest BCUT2D eigenvalue weighted by Gasteiger charge is -2.27. The van der Waals surface area contributed by atoms with Gasteiger partial charge in [0.1, 0.15) is 18.2 Å². The number of aliphatic carboxylic acids is 1. The van der Waals surface area contributed by atoms with Crippen LogP contribution in [0.3, 0.4) is 0 Å². The number of alkyl carbamates (subject to hydrolysis) is 2. The smallest absolute Gasteiger partial charge is 0.408 e. The van der Waals surface area contributed by atoms with Crippen molar-refractivity contribution in [2.45, 2.75) is 64.1 Å². The molecule has 0 saturated heterocycles. The Bertz CT molecular complexity index is 1000. The fourth-order valence-corrected chi connectivity index (χ4v) is 4.19. The quantitative estimate of drug-likeness (QED) is 0.519. The topological polar surface area (TPSA) is 114 Å². The highest BCUT2D eigenvalue weighted by molar-refractivity contribution is 5.82. The molecule has 2 atom stereocenters. The van der Waals surface area contributed by atoms with E-state index in [1.54, 1.807) is 20.8 Å². The zero-order valence-electron chi connectivity index (χ0n) is 20.0. The summed E-state index contributed by atoms with van der Waals surface area (Å²) in [5.41, 5.74) is 3.60. The molecule has 182 valence electrons. The predicted molar refractivity (Wildman–Crippen MR) is 128 cm³/mol. The Morgan fingerprint density at radius 1 is 0.941 bits per heavy atom. The Kier molecular flexibility index (Phi) is 7.81. The minimum absolute atomic E-state index is 0.107. The summed E-state index contributed by atoms with van der Waals surface area (Å²) in [6.45, 7) is 7.01. The second kappa shape index (κ2) is 10.6. The van der Waals surface area contributed by atoms with E-state index in [2.05, 4.69) is 10.6 Å². The largest absolute Gasteiger partial charge is 0.480 e. The first kappa shape index (κ1) is 25.1. The van der Waals surface area contributed by atoms with E-state index in [0.29, 0.717) is 12.8 Å². The second-order valence-corrected chi connectivity index (χ2v) is 9.33. The summed E-state index contributed by atoms with van der Waals surface area (Å²) in [5, 5.41) is 14.7. The fraction of sp³-hybridized carbons (Fsp3) is 0.423. The first-order valence-corrected chi connectivity index (χ1v) is 11.4. The number of ether oxygens (including phenoxy) is 2. The van der Waals surface area contributed by atoms with Gasteiger partial charge in [-0.3, -0.25) is 0 Å². The van der Waals surface area contributed by atoms with Gasteiger partial charge in [-0.2, -0.15) is 0 Å². The van der Waals surface area contributed by atoms with Gasteiger partial charge in [-0.15, -0.1) is 0 Å². The van der Waals surface area contributed by atoms with Crippen LogP contribution in [0.5, 0.6) is 0 Å². The molecule has 0 fully saturated rings. The number of benzene rings is 2. The Balaban J connectivity index is 1.68. The van der Waals surface area contributed by atoms with Crippen LogP contribution in [0, 0.1) is 0 Å². The lowest BCUT2D eigenvalue weighted by molar-refractivity contribution is -0.140. The average Bonchev–Trinajstić information content (AvgIpc) is 3.08. The molecule has 0 bridgehead atoms. The minimum Gasteiger partial charge on any atom is -0.480 e. The summed E-state index contributed by atoms with van der Waals surface area (Å²) in [6.07, 6.45) is -0.682. The molecule has 3 rings (SSSR count). The first-order valence-electron chi connectivity index (χ1n) is 11.4. The molecule has 1 aliphatic carbocycles. The molecule has 0 saturated carbocycles. The normalized spacial score (nSPS) is 14.4. The Morgan fingerprint density at radius 3 is 2.00 bits per heavy atom. The summed E-state index contributed by atoms with van der Waals surface area (Å²) in [7, 11) is 0. The van der Waals surface area contributed by atoms with Crippen molar-refractivity contribution in [3.8, 4) is 11.1 Å². The van der Waals surface area contributed by atoms with Crippen molar-refractivity contribution in [2.24, 2.45) is 0 Å². The molecule has 2 unspecified atom stereocenters. The van der Waals surface area contributed by atoms with Crippen LogP contribution >= 0.6 is 0 Å². The van der Waals surface area contributed by atoms with Crippen molar-refractivity contribution in [1.82, 2.24) is 10.6 Å². The number of rotatable bonds is 8. The maximum absolute atomic E-state index is 12.7. The molecule has 0 spiro atoms. The molecule has 0 aliphatic heterocycles. The Labute approximate surface area is 199 Å². The average molecular weight is 469 g/mol. The SMILES string of the molecule is CCCC(NC(=O)OCC1c2ccccc2-c2ccccc21)C(NC(=O)OC(C)(C)C)C(=O)O. The van der Waals surface area contributed by atoms with Gasteiger partial charge in [0, 0.05) is 5.92 Å². The molecule has 8 heteroatoms. The van der Waals surface area contributed by atoms with Crippen LogP contribution in [-0.2, 0) is 14.3 Å². The summed E-state index contributed by atoms with van der Waals surface area (Å²) >= 11 is 0. The number of fused-ring (bicyclic) bond motifs is 3. The number of nitrogens with one attached hydrogen (secondary N) is 2. The number of hydrogen-bond donors (Lipinski definition) is 3. The summed E-state index contributed by atoms with van der Waals surface area (Å²) < 4.78 is 10.7. The van der Waals surface area contributed by atoms with Gasteiger partial charge >= 0.3 is 18.2 Å². The van der Waals surface area contributed by atoms with Crippen LogP contribution < -0.4 is 10.6 Å². The Morgan fingerprint density at radius 2 is 1.50 bits per heavy atom. The van der Waals surface area contributed by atoms with E-state index in [4.69, 9.17) is 9.47 Å².